The highest BCUT2D eigenvalue weighted by Crippen LogP contribution is 2.23. The number of rotatable bonds is 4. The number of piperazine rings is 1. The number of anilines is 2. The van der Waals surface area contributed by atoms with Crippen molar-refractivity contribution in [2.24, 2.45) is 0 Å². The molecule has 2 N–H and O–H groups in total. The number of nitrogens with zero attached hydrogens (tertiary/aromatic N) is 3. The first-order valence-electron chi connectivity index (χ1n) is 6.02. The minimum Gasteiger partial charge on any atom is -0.370 e. The van der Waals surface area contributed by atoms with Gasteiger partial charge in [0.05, 0.1) is 23.6 Å². The van der Waals surface area contributed by atoms with Crippen LogP contribution in [0.3, 0.4) is 0 Å². The van der Waals surface area contributed by atoms with Crippen molar-refractivity contribution in [1.29, 1.82) is 0 Å². The Morgan fingerprint density at radius 3 is 3.00 bits per heavy atom. The molecule has 0 aliphatic carbocycles. The van der Waals surface area contributed by atoms with Crippen LogP contribution in [0.15, 0.2) is 12.1 Å². The van der Waals surface area contributed by atoms with Gasteiger partial charge in [0.25, 0.3) is 5.69 Å². The van der Waals surface area contributed by atoms with Crippen LogP contribution in [0.1, 0.15) is 6.92 Å². The number of hydrogen-bond donors (Lipinski definition) is 2. The third-order valence-electron chi connectivity index (χ3n) is 2.73. The van der Waals surface area contributed by atoms with Crippen LogP contribution < -0.4 is 15.5 Å². The third-order valence-corrected chi connectivity index (χ3v) is 2.73. The van der Waals surface area contributed by atoms with E-state index in [-0.39, 0.29) is 18.1 Å². The van der Waals surface area contributed by atoms with Gasteiger partial charge in [-0.25, -0.2) is 4.98 Å². The predicted molar refractivity (Wildman–Crippen MR) is 70.3 cm³/mol. The summed E-state index contributed by atoms with van der Waals surface area (Å²) >= 11 is 0. The zero-order valence-corrected chi connectivity index (χ0v) is 10.5. The van der Waals surface area contributed by atoms with Gasteiger partial charge in [0, 0.05) is 19.6 Å². The number of aromatic nitrogens is 1. The summed E-state index contributed by atoms with van der Waals surface area (Å²) in [4.78, 5) is 27.8. The van der Waals surface area contributed by atoms with Crippen LogP contribution in [-0.2, 0) is 4.79 Å². The molecule has 0 spiro atoms. The molecular formula is C11H15N5O3. The number of hydrogen-bond acceptors (Lipinski definition) is 6. The molecule has 0 saturated carbocycles. The Morgan fingerprint density at radius 1 is 1.58 bits per heavy atom. The molecule has 0 unspecified atom stereocenters. The van der Waals surface area contributed by atoms with Crippen LogP contribution in [0.25, 0.3) is 0 Å². The molecule has 1 aromatic rings. The van der Waals surface area contributed by atoms with E-state index in [9.17, 15) is 14.9 Å². The molecule has 0 bridgehead atoms. The summed E-state index contributed by atoms with van der Waals surface area (Å²) in [5.74, 6) is 0.780. The van der Waals surface area contributed by atoms with E-state index in [0.29, 0.717) is 31.3 Å². The quantitative estimate of drug-likeness (QED) is 0.602. The summed E-state index contributed by atoms with van der Waals surface area (Å²) in [5, 5.41) is 16.6. The second-order valence-electron chi connectivity index (χ2n) is 4.13. The van der Waals surface area contributed by atoms with E-state index in [2.05, 4.69) is 15.6 Å². The fourth-order valence-electron chi connectivity index (χ4n) is 1.88. The molecular weight excluding hydrogens is 250 g/mol. The lowest BCUT2D eigenvalue weighted by Crippen LogP contribution is -2.48. The molecule has 1 aromatic heterocycles. The average Bonchev–Trinajstić information content (AvgIpc) is 2.38. The van der Waals surface area contributed by atoms with E-state index >= 15 is 0 Å². The van der Waals surface area contributed by atoms with Gasteiger partial charge in [-0.3, -0.25) is 14.9 Å². The lowest BCUT2D eigenvalue weighted by Gasteiger charge is -2.27. The molecule has 0 aromatic carbocycles. The van der Waals surface area contributed by atoms with Crippen molar-refractivity contribution < 1.29 is 9.72 Å². The van der Waals surface area contributed by atoms with Gasteiger partial charge in [-0.15, -0.1) is 0 Å². The summed E-state index contributed by atoms with van der Waals surface area (Å²) in [6.07, 6.45) is 0. The normalized spacial score (nSPS) is 15.0. The van der Waals surface area contributed by atoms with E-state index < -0.39 is 4.92 Å². The van der Waals surface area contributed by atoms with Crippen molar-refractivity contribution >= 4 is 23.2 Å². The Labute approximate surface area is 110 Å². The topological polar surface area (TPSA) is 100 Å². The standard InChI is InChI=1S/C11H15N5O3/c1-2-12-9-5-8(16(18)19)6-10(14-9)15-4-3-13-11(17)7-15/h5-6H,2-4,7H2,1H3,(H,12,14)(H,13,17). The Hall–Kier alpha value is -2.38. The molecule has 19 heavy (non-hydrogen) atoms. The monoisotopic (exact) mass is 265 g/mol. The molecule has 1 amide bonds. The molecule has 1 aliphatic rings. The number of nitrogens with one attached hydrogen (secondary N) is 2. The lowest BCUT2D eigenvalue weighted by molar-refractivity contribution is -0.384. The van der Waals surface area contributed by atoms with Crippen molar-refractivity contribution in [2.45, 2.75) is 6.92 Å². The summed E-state index contributed by atoms with van der Waals surface area (Å²) < 4.78 is 0. The Morgan fingerprint density at radius 2 is 2.37 bits per heavy atom. The molecule has 8 nitrogen and oxygen atoms in total. The minimum absolute atomic E-state index is 0.0352. The molecule has 1 aliphatic heterocycles. The van der Waals surface area contributed by atoms with Crippen LogP contribution in [0, 0.1) is 10.1 Å². The first-order chi connectivity index (χ1) is 9.10. The lowest BCUT2D eigenvalue weighted by atomic mass is 10.3. The number of nitro groups is 1. The molecule has 102 valence electrons. The molecule has 2 rings (SSSR count). The van der Waals surface area contributed by atoms with E-state index in [1.54, 1.807) is 4.90 Å². The first-order valence-corrected chi connectivity index (χ1v) is 6.02. The fraction of sp³-hybridized carbons (Fsp3) is 0.455. The highest BCUT2D eigenvalue weighted by molar-refractivity contribution is 5.82. The van der Waals surface area contributed by atoms with Crippen molar-refractivity contribution in [3.8, 4) is 0 Å². The highest BCUT2D eigenvalue weighted by atomic mass is 16.6. The van der Waals surface area contributed by atoms with Crippen LogP contribution in [0.4, 0.5) is 17.3 Å². The van der Waals surface area contributed by atoms with Crippen LogP contribution in [0.2, 0.25) is 0 Å². The smallest absolute Gasteiger partial charge is 0.276 e. The van der Waals surface area contributed by atoms with E-state index in [0.717, 1.165) is 0 Å². The van der Waals surface area contributed by atoms with Gasteiger partial charge in [-0.2, -0.15) is 0 Å². The van der Waals surface area contributed by atoms with Gasteiger partial charge in [-0.1, -0.05) is 0 Å². The Kier molecular flexibility index (Phi) is 3.79. The molecule has 8 heteroatoms. The maximum Gasteiger partial charge on any atom is 0.276 e. The van der Waals surface area contributed by atoms with Crippen LogP contribution in [0.5, 0.6) is 0 Å². The maximum atomic E-state index is 11.3. The fourth-order valence-corrected chi connectivity index (χ4v) is 1.88. The largest absolute Gasteiger partial charge is 0.370 e. The van der Waals surface area contributed by atoms with E-state index in [1.165, 1.54) is 12.1 Å². The van der Waals surface area contributed by atoms with Crippen molar-refractivity contribution in [2.75, 3.05) is 36.4 Å². The Bertz CT molecular complexity index is 505. The maximum absolute atomic E-state index is 11.3. The van der Waals surface area contributed by atoms with Gasteiger partial charge in [-0.05, 0) is 6.92 Å². The van der Waals surface area contributed by atoms with Crippen LogP contribution >= 0.6 is 0 Å². The Balaban J connectivity index is 2.32. The third kappa shape index (κ3) is 3.09. The van der Waals surface area contributed by atoms with Gasteiger partial charge in [0.1, 0.15) is 11.6 Å². The highest BCUT2D eigenvalue weighted by Gasteiger charge is 2.20. The summed E-state index contributed by atoms with van der Waals surface area (Å²) in [7, 11) is 0. The average molecular weight is 265 g/mol. The number of carbonyl (C=O) groups is 1. The zero-order valence-electron chi connectivity index (χ0n) is 10.5. The summed E-state index contributed by atoms with van der Waals surface area (Å²) in [6.45, 7) is 3.77. The first kappa shape index (κ1) is 13.1. The van der Waals surface area contributed by atoms with Crippen LogP contribution in [-0.4, -0.2) is 42.0 Å². The van der Waals surface area contributed by atoms with E-state index in [1.807, 2.05) is 6.92 Å². The van der Waals surface area contributed by atoms with Crippen molar-refractivity contribution in [3.63, 3.8) is 0 Å². The summed E-state index contributed by atoms with van der Waals surface area (Å²) in [5.41, 5.74) is -0.0352. The van der Waals surface area contributed by atoms with Gasteiger partial charge < -0.3 is 15.5 Å². The van der Waals surface area contributed by atoms with Crippen molar-refractivity contribution in [3.05, 3.63) is 22.2 Å². The van der Waals surface area contributed by atoms with Gasteiger partial charge in [0.15, 0.2) is 0 Å². The van der Waals surface area contributed by atoms with Gasteiger partial charge in [0.2, 0.25) is 5.91 Å². The SMILES string of the molecule is CCNc1cc([N+](=O)[O-])cc(N2CCNC(=O)C2)n1. The van der Waals surface area contributed by atoms with Crippen molar-refractivity contribution in [1.82, 2.24) is 10.3 Å². The number of amides is 1. The predicted octanol–water partition coefficient (Wildman–Crippen LogP) is 0.358. The summed E-state index contributed by atoms with van der Waals surface area (Å²) in [6, 6.07) is 2.77. The van der Waals surface area contributed by atoms with E-state index in [4.69, 9.17) is 0 Å². The zero-order chi connectivity index (χ0) is 13.8. The van der Waals surface area contributed by atoms with Gasteiger partial charge >= 0.3 is 0 Å². The number of pyridine rings is 1. The molecule has 1 saturated heterocycles. The number of carbonyl (C=O) groups excluding carboxylic acids is 1. The molecule has 0 atom stereocenters. The molecule has 1 fully saturated rings. The molecule has 2 heterocycles. The molecule has 0 radical (unpaired) electrons. The second kappa shape index (κ2) is 5.51. The second-order valence-corrected chi connectivity index (χ2v) is 4.13. The minimum atomic E-state index is -0.462.